The number of imidazole rings is 1. The molecule has 3 atom stereocenters. The van der Waals surface area contributed by atoms with Gasteiger partial charge in [0.15, 0.2) is 10.8 Å². The standard InChI is InChI=1S/C26H22Cl2N4O4S/c1-14-3-7-16(8-4-14)24(33)35-12-19-18(36-25(34)17-9-5-15(2)6-10-17)11-20(37-19)32-13-29-21-22(27)30-26(28)31-23(21)32/h3-10,13,18-20H,11-12H2,1-2H3/t18-,19+,20+/m0/s1. The average Bonchev–Trinajstić information content (AvgIpc) is 3.47. The molecule has 0 N–H and O–H groups in total. The van der Waals surface area contributed by atoms with Crippen LogP contribution in [0.25, 0.3) is 11.2 Å². The van der Waals surface area contributed by atoms with Gasteiger partial charge in [0.1, 0.15) is 18.2 Å². The first kappa shape index (κ1) is 25.5. The average molecular weight is 557 g/mol. The van der Waals surface area contributed by atoms with Crippen LogP contribution in [-0.2, 0) is 9.47 Å². The highest BCUT2D eigenvalue weighted by Crippen LogP contribution is 2.44. The van der Waals surface area contributed by atoms with Crippen molar-refractivity contribution in [2.75, 3.05) is 6.61 Å². The maximum atomic E-state index is 12.9. The van der Waals surface area contributed by atoms with Crippen LogP contribution in [0.5, 0.6) is 0 Å². The van der Waals surface area contributed by atoms with Gasteiger partial charge >= 0.3 is 11.9 Å². The number of hydrogen-bond acceptors (Lipinski definition) is 8. The van der Waals surface area contributed by atoms with Crippen molar-refractivity contribution in [3.05, 3.63) is 87.5 Å². The maximum absolute atomic E-state index is 12.9. The molecule has 8 nitrogen and oxygen atoms in total. The lowest BCUT2D eigenvalue weighted by atomic mass is 10.1. The van der Waals surface area contributed by atoms with E-state index < -0.39 is 18.0 Å². The number of rotatable bonds is 6. The molecule has 1 fully saturated rings. The third-order valence-electron chi connectivity index (χ3n) is 6.05. The fraction of sp³-hybridized carbons (Fsp3) is 0.269. The molecule has 0 aliphatic carbocycles. The summed E-state index contributed by atoms with van der Waals surface area (Å²) < 4.78 is 13.4. The molecule has 1 aliphatic rings. The summed E-state index contributed by atoms with van der Waals surface area (Å²) in [6.07, 6.45) is 1.53. The fourth-order valence-electron chi connectivity index (χ4n) is 4.04. The predicted molar refractivity (Wildman–Crippen MR) is 142 cm³/mol. The van der Waals surface area contributed by atoms with Gasteiger partial charge in [-0.3, -0.25) is 0 Å². The Kier molecular flexibility index (Phi) is 7.37. The van der Waals surface area contributed by atoms with E-state index in [2.05, 4.69) is 15.0 Å². The van der Waals surface area contributed by atoms with Crippen LogP contribution >= 0.6 is 35.0 Å². The topological polar surface area (TPSA) is 96.2 Å². The van der Waals surface area contributed by atoms with Crippen LogP contribution in [0.3, 0.4) is 0 Å². The fourth-order valence-corrected chi connectivity index (χ4v) is 5.94. The molecule has 0 bridgehead atoms. The molecule has 1 saturated heterocycles. The molecule has 2 aromatic carbocycles. The summed E-state index contributed by atoms with van der Waals surface area (Å²) in [6, 6.07) is 14.3. The number of halogens is 2. The first-order chi connectivity index (χ1) is 17.8. The Hall–Kier alpha value is -3.14. The highest BCUT2D eigenvalue weighted by molar-refractivity contribution is 8.00. The van der Waals surface area contributed by atoms with E-state index in [1.54, 1.807) is 30.6 Å². The second-order valence-electron chi connectivity index (χ2n) is 8.75. The molecular weight excluding hydrogens is 535 g/mol. The van der Waals surface area contributed by atoms with Crippen molar-refractivity contribution in [2.45, 2.75) is 37.0 Å². The van der Waals surface area contributed by atoms with E-state index in [9.17, 15) is 9.59 Å². The predicted octanol–water partition coefficient (Wildman–Crippen LogP) is 5.84. The van der Waals surface area contributed by atoms with Gasteiger partial charge < -0.3 is 14.0 Å². The molecule has 4 aromatic rings. The summed E-state index contributed by atoms with van der Waals surface area (Å²) in [5.41, 5.74) is 3.90. The summed E-state index contributed by atoms with van der Waals surface area (Å²) in [6.45, 7) is 3.95. The number of aryl methyl sites for hydroxylation is 2. The Morgan fingerprint density at radius 1 is 0.973 bits per heavy atom. The molecule has 0 spiro atoms. The minimum absolute atomic E-state index is 0.00757. The van der Waals surface area contributed by atoms with Crippen LogP contribution in [0.1, 0.15) is 43.6 Å². The molecule has 0 saturated carbocycles. The van der Waals surface area contributed by atoms with E-state index in [-0.39, 0.29) is 27.7 Å². The third kappa shape index (κ3) is 5.58. The number of thioether (sulfide) groups is 1. The first-order valence-electron chi connectivity index (χ1n) is 11.5. The van der Waals surface area contributed by atoms with E-state index >= 15 is 0 Å². The van der Waals surface area contributed by atoms with Crippen molar-refractivity contribution in [1.29, 1.82) is 0 Å². The first-order valence-corrected chi connectivity index (χ1v) is 13.2. The molecule has 2 aromatic heterocycles. The molecule has 190 valence electrons. The van der Waals surface area contributed by atoms with Gasteiger partial charge in [0, 0.05) is 6.42 Å². The van der Waals surface area contributed by atoms with Crippen molar-refractivity contribution in [1.82, 2.24) is 19.5 Å². The van der Waals surface area contributed by atoms with E-state index in [0.29, 0.717) is 28.7 Å². The quantitative estimate of drug-likeness (QED) is 0.166. The number of esters is 2. The minimum Gasteiger partial charge on any atom is -0.461 e. The molecule has 5 rings (SSSR count). The van der Waals surface area contributed by atoms with Crippen molar-refractivity contribution in [3.8, 4) is 0 Å². The monoisotopic (exact) mass is 556 g/mol. The molecule has 0 unspecified atom stereocenters. The lowest BCUT2D eigenvalue weighted by Crippen LogP contribution is -2.29. The van der Waals surface area contributed by atoms with Crippen molar-refractivity contribution in [3.63, 3.8) is 0 Å². The minimum atomic E-state index is -0.528. The van der Waals surface area contributed by atoms with Crippen LogP contribution < -0.4 is 0 Å². The van der Waals surface area contributed by atoms with Crippen molar-refractivity contribution >= 4 is 58.1 Å². The molecule has 1 aliphatic heterocycles. The molecule has 0 amide bonds. The Morgan fingerprint density at radius 3 is 2.24 bits per heavy atom. The normalized spacial score (nSPS) is 19.2. The summed E-state index contributed by atoms with van der Waals surface area (Å²) >= 11 is 13.7. The Bertz CT molecular complexity index is 1460. The zero-order valence-corrected chi connectivity index (χ0v) is 22.3. The van der Waals surface area contributed by atoms with E-state index in [1.807, 2.05) is 42.7 Å². The summed E-state index contributed by atoms with van der Waals surface area (Å²) in [5.74, 6) is -0.878. The largest absolute Gasteiger partial charge is 0.461 e. The lowest BCUT2D eigenvalue weighted by molar-refractivity contribution is 0.0205. The highest BCUT2D eigenvalue weighted by atomic mass is 35.5. The number of carbonyl (C=O) groups is 2. The van der Waals surface area contributed by atoms with Gasteiger partial charge in [-0.25, -0.2) is 19.6 Å². The van der Waals surface area contributed by atoms with Gasteiger partial charge in [-0.15, -0.1) is 11.8 Å². The van der Waals surface area contributed by atoms with Crippen LogP contribution in [-0.4, -0.2) is 49.4 Å². The number of carbonyl (C=O) groups excluding carboxylic acids is 2. The number of ether oxygens (including phenoxy) is 2. The van der Waals surface area contributed by atoms with Gasteiger partial charge in [-0.2, -0.15) is 4.98 Å². The number of benzene rings is 2. The Balaban J connectivity index is 1.37. The van der Waals surface area contributed by atoms with Crippen molar-refractivity contribution < 1.29 is 19.1 Å². The maximum Gasteiger partial charge on any atom is 0.338 e. The van der Waals surface area contributed by atoms with Gasteiger partial charge in [0.25, 0.3) is 0 Å². The van der Waals surface area contributed by atoms with Crippen LogP contribution in [0.2, 0.25) is 10.4 Å². The van der Waals surface area contributed by atoms with Gasteiger partial charge in [0.05, 0.1) is 28.1 Å². The van der Waals surface area contributed by atoms with Crippen LogP contribution in [0.4, 0.5) is 0 Å². The van der Waals surface area contributed by atoms with E-state index in [4.69, 9.17) is 32.7 Å². The second-order valence-corrected chi connectivity index (χ2v) is 10.9. The summed E-state index contributed by atoms with van der Waals surface area (Å²) in [4.78, 5) is 38.2. The second kappa shape index (κ2) is 10.7. The third-order valence-corrected chi connectivity index (χ3v) is 8.01. The molecule has 3 heterocycles. The number of aromatic nitrogens is 4. The molecule has 0 radical (unpaired) electrons. The van der Waals surface area contributed by atoms with Crippen LogP contribution in [0.15, 0.2) is 54.9 Å². The zero-order chi connectivity index (χ0) is 26.1. The Labute approximate surface area is 227 Å². The number of fused-ring (bicyclic) bond motifs is 1. The lowest BCUT2D eigenvalue weighted by Gasteiger charge is -2.19. The Morgan fingerprint density at radius 2 is 1.59 bits per heavy atom. The molecular formula is C26H22Cl2N4O4S. The zero-order valence-electron chi connectivity index (χ0n) is 19.9. The van der Waals surface area contributed by atoms with E-state index in [0.717, 1.165) is 11.1 Å². The number of hydrogen-bond donors (Lipinski definition) is 0. The van der Waals surface area contributed by atoms with Gasteiger partial charge in [-0.1, -0.05) is 47.0 Å². The smallest absolute Gasteiger partial charge is 0.338 e. The highest BCUT2D eigenvalue weighted by Gasteiger charge is 2.40. The summed E-state index contributed by atoms with van der Waals surface area (Å²) in [7, 11) is 0. The molecule has 11 heteroatoms. The van der Waals surface area contributed by atoms with Gasteiger partial charge in [-0.05, 0) is 49.7 Å². The SMILES string of the molecule is Cc1ccc(C(=O)OC[C@H]2S[C@@H](n3cnc4c(Cl)nc(Cl)nc43)C[C@@H]2OC(=O)c2ccc(C)cc2)cc1. The number of nitrogens with zero attached hydrogens (tertiary/aromatic N) is 4. The molecule has 37 heavy (non-hydrogen) atoms. The summed E-state index contributed by atoms with van der Waals surface area (Å²) in [5, 5.41) is -0.374. The van der Waals surface area contributed by atoms with Gasteiger partial charge in [0.2, 0.25) is 5.28 Å². The van der Waals surface area contributed by atoms with E-state index in [1.165, 1.54) is 11.8 Å². The van der Waals surface area contributed by atoms with Crippen molar-refractivity contribution in [2.24, 2.45) is 0 Å². The van der Waals surface area contributed by atoms with Crippen LogP contribution in [0, 0.1) is 13.8 Å².